The molecule has 6 heteroatoms. The van der Waals surface area contributed by atoms with Gasteiger partial charge in [-0.15, -0.1) is 0 Å². The van der Waals surface area contributed by atoms with Crippen molar-refractivity contribution in [1.29, 1.82) is 0 Å². The lowest BCUT2D eigenvalue weighted by atomic mass is 10.1. The van der Waals surface area contributed by atoms with E-state index in [-0.39, 0.29) is 31.1 Å². The van der Waals surface area contributed by atoms with Crippen molar-refractivity contribution in [2.45, 2.75) is 277 Å². The Morgan fingerprint density at radius 1 is 0.328 bits per heavy atom. The smallest absolute Gasteiger partial charge is 0.306 e. The van der Waals surface area contributed by atoms with Crippen molar-refractivity contribution in [3.63, 3.8) is 0 Å². The number of hydrogen-bond acceptors (Lipinski definition) is 6. The average Bonchev–Trinajstić information content (AvgIpc) is 3.29. The summed E-state index contributed by atoms with van der Waals surface area (Å²) in [6.45, 7) is 6.47. The second-order valence-electron chi connectivity index (χ2n) is 18.1. The zero-order valence-electron chi connectivity index (χ0n) is 42.3. The molecule has 0 saturated heterocycles. The Bertz CT molecular complexity index is 1170. The molecular weight excluding hydrogens is 793 g/mol. The van der Waals surface area contributed by atoms with Crippen LogP contribution in [-0.4, -0.2) is 37.2 Å². The number of unbranched alkanes of at least 4 members (excludes halogenated alkanes) is 28. The van der Waals surface area contributed by atoms with E-state index in [1.54, 1.807) is 0 Å². The molecule has 0 aliphatic heterocycles. The molecule has 0 saturated carbocycles. The second kappa shape index (κ2) is 52.7. The molecule has 0 spiro atoms. The predicted octanol–water partition coefficient (Wildman–Crippen LogP) is 18.0. The van der Waals surface area contributed by atoms with Crippen LogP contribution in [0.25, 0.3) is 0 Å². The molecule has 0 radical (unpaired) electrons. The maximum absolute atomic E-state index is 12.8. The van der Waals surface area contributed by atoms with Crippen molar-refractivity contribution in [3.8, 4) is 0 Å². The average molecular weight is 895 g/mol. The second-order valence-corrected chi connectivity index (χ2v) is 18.1. The van der Waals surface area contributed by atoms with Gasteiger partial charge in [0.15, 0.2) is 6.10 Å². The third-order valence-corrected chi connectivity index (χ3v) is 11.7. The predicted molar refractivity (Wildman–Crippen MR) is 275 cm³/mol. The summed E-state index contributed by atoms with van der Waals surface area (Å²) in [6.07, 6.45) is 65.1. The number of allylic oxidation sites excluding steroid dienone is 10. The molecule has 0 aromatic rings. The molecular formula is C58H102O6. The lowest BCUT2D eigenvalue weighted by Crippen LogP contribution is -2.30. The highest BCUT2D eigenvalue weighted by Gasteiger charge is 2.19. The summed E-state index contributed by atoms with van der Waals surface area (Å²) >= 11 is 0. The van der Waals surface area contributed by atoms with E-state index in [1.165, 1.54) is 141 Å². The first kappa shape index (κ1) is 61.1. The minimum atomic E-state index is -0.790. The normalized spacial score (nSPS) is 12.5. The van der Waals surface area contributed by atoms with Gasteiger partial charge in [0, 0.05) is 19.3 Å². The molecule has 370 valence electrons. The fourth-order valence-corrected chi connectivity index (χ4v) is 7.63. The molecule has 1 atom stereocenters. The van der Waals surface area contributed by atoms with Crippen LogP contribution in [-0.2, 0) is 28.6 Å². The van der Waals surface area contributed by atoms with E-state index in [0.717, 1.165) is 83.5 Å². The van der Waals surface area contributed by atoms with Crippen LogP contribution in [0.1, 0.15) is 271 Å². The van der Waals surface area contributed by atoms with Crippen LogP contribution in [0, 0.1) is 0 Å². The van der Waals surface area contributed by atoms with Crippen molar-refractivity contribution in [1.82, 2.24) is 0 Å². The van der Waals surface area contributed by atoms with E-state index in [4.69, 9.17) is 14.2 Å². The van der Waals surface area contributed by atoms with Crippen LogP contribution < -0.4 is 0 Å². The number of esters is 3. The highest BCUT2D eigenvalue weighted by atomic mass is 16.6. The van der Waals surface area contributed by atoms with Crippen LogP contribution in [0.15, 0.2) is 60.8 Å². The molecule has 0 aliphatic rings. The molecule has 0 heterocycles. The molecule has 1 unspecified atom stereocenters. The van der Waals surface area contributed by atoms with Crippen LogP contribution in [0.5, 0.6) is 0 Å². The van der Waals surface area contributed by atoms with Gasteiger partial charge in [0.25, 0.3) is 0 Å². The summed E-state index contributed by atoms with van der Waals surface area (Å²) in [4.78, 5) is 37.9. The summed E-state index contributed by atoms with van der Waals surface area (Å²) in [7, 11) is 0. The molecule has 0 fully saturated rings. The van der Waals surface area contributed by atoms with E-state index in [9.17, 15) is 14.4 Å². The van der Waals surface area contributed by atoms with E-state index in [2.05, 4.69) is 81.5 Å². The Morgan fingerprint density at radius 2 is 0.625 bits per heavy atom. The van der Waals surface area contributed by atoms with E-state index >= 15 is 0 Å². The van der Waals surface area contributed by atoms with Crippen molar-refractivity contribution >= 4 is 17.9 Å². The Labute approximate surface area is 396 Å². The highest BCUT2D eigenvalue weighted by molar-refractivity contribution is 5.71. The Hall–Kier alpha value is -2.89. The van der Waals surface area contributed by atoms with Crippen molar-refractivity contribution < 1.29 is 28.6 Å². The molecule has 0 N–H and O–H groups in total. The molecule has 0 aromatic carbocycles. The summed E-state index contributed by atoms with van der Waals surface area (Å²) in [5.41, 5.74) is 0. The van der Waals surface area contributed by atoms with Gasteiger partial charge in [-0.1, -0.05) is 216 Å². The first-order valence-corrected chi connectivity index (χ1v) is 27.3. The number of ether oxygens (including phenoxy) is 3. The van der Waals surface area contributed by atoms with Gasteiger partial charge in [0.1, 0.15) is 13.2 Å². The van der Waals surface area contributed by atoms with Crippen molar-refractivity contribution in [3.05, 3.63) is 60.8 Å². The van der Waals surface area contributed by atoms with Gasteiger partial charge in [0.05, 0.1) is 0 Å². The molecule has 0 aromatic heterocycles. The van der Waals surface area contributed by atoms with Gasteiger partial charge in [-0.25, -0.2) is 0 Å². The van der Waals surface area contributed by atoms with E-state index in [1.807, 2.05) is 0 Å². The summed E-state index contributed by atoms with van der Waals surface area (Å²) in [5, 5.41) is 0. The first-order valence-electron chi connectivity index (χ1n) is 27.3. The minimum absolute atomic E-state index is 0.0882. The van der Waals surface area contributed by atoms with E-state index < -0.39 is 6.10 Å². The molecule has 0 amide bonds. The number of carbonyl (C=O) groups is 3. The lowest BCUT2D eigenvalue weighted by Gasteiger charge is -2.18. The minimum Gasteiger partial charge on any atom is -0.462 e. The molecule has 6 nitrogen and oxygen atoms in total. The van der Waals surface area contributed by atoms with Crippen molar-refractivity contribution in [2.75, 3.05) is 13.2 Å². The van der Waals surface area contributed by atoms with Crippen LogP contribution in [0.3, 0.4) is 0 Å². The number of rotatable bonds is 49. The number of carbonyl (C=O) groups excluding carboxylic acids is 3. The van der Waals surface area contributed by atoms with Crippen LogP contribution in [0.2, 0.25) is 0 Å². The highest BCUT2D eigenvalue weighted by Crippen LogP contribution is 2.15. The maximum Gasteiger partial charge on any atom is 0.306 e. The standard InChI is InChI=1S/C58H102O6/c1-4-7-10-13-16-19-21-23-25-27-29-31-32-34-36-39-42-45-48-51-57(60)63-54-55(53-62-56(59)50-47-44-41-38-18-15-12-9-6-3)64-58(61)52-49-46-43-40-37-35-33-30-28-26-24-22-20-17-14-11-8-5-2/h7,10,16,19,23,25,30,33,38,41,55H,4-6,8-9,11-15,17-18,20-22,24,26-29,31-32,34-37,39-40,42-54H2,1-3H3/b10-7-,19-16-,25-23-,33-30-,41-38-. The Balaban J connectivity index is 4.31. The van der Waals surface area contributed by atoms with Gasteiger partial charge in [0.2, 0.25) is 0 Å². The summed E-state index contributed by atoms with van der Waals surface area (Å²) in [5.74, 6) is -0.932. The fraction of sp³-hybridized carbons (Fsp3) is 0.776. The molecule has 0 aliphatic carbocycles. The van der Waals surface area contributed by atoms with Gasteiger partial charge in [-0.05, 0) is 96.3 Å². The van der Waals surface area contributed by atoms with Crippen molar-refractivity contribution in [2.24, 2.45) is 0 Å². The molecule has 0 bridgehead atoms. The van der Waals surface area contributed by atoms with Crippen LogP contribution >= 0.6 is 0 Å². The number of hydrogen-bond donors (Lipinski definition) is 0. The Morgan fingerprint density at radius 3 is 1.05 bits per heavy atom. The monoisotopic (exact) mass is 895 g/mol. The summed E-state index contributed by atoms with van der Waals surface area (Å²) < 4.78 is 16.8. The van der Waals surface area contributed by atoms with Gasteiger partial charge in [-0.3, -0.25) is 14.4 Å². The zero-order valence-corrected chi connectivity index (χ0v) is 42.3. The zero-order chi connectivity index (χ0) is 46.5. The van der Waals surface area contributed by atoms with Crippen LogP contribution in [0.4, 0.5) is 0 Å². The Kier molecular flexibility index (Phi) is 50.4. The molecule has 0 rings (SSSR count). The quantitative estimate of drug-likeness (QED) is 0.0262. The fourth-order valence-electron chi connectivity index (χ4n) is 7.63. The first-order chi connectivity index (χ1) is 31.5. The molecule has 64 heavy (non-hydrogen) atoms. The van der Waals surface area contributed by atoms with Gasteiger partial charge in [-0.2, -0.15) is 0 Å². The van der Waals surface area contributed by atoms with Gasteiger partial charge >= 0.3 is 17.9 Å². The largest absolute Gasteiger partial charge is 0.462 e. The topological polar surface area (TPSA) is 78.9 Å². The van der Waals surface area contributed by atoms with E-state index in [0.29, 0.717) is 25.7 Å². The summed E-state index contributed by atoms with van der Waals surface area (Å²) in [6, 6.07) is 0. The maximum atomic E-state index is 12.8. The lowest BCUT2D eigenvalue weighted by molar-refractivity contribution is -0.167. The third-order valence-electron chi connectivity index (χ3n) is 11.7. The van der Waals surface area contributed by atoms with Gasteiger partial charge < -0.3 is 14.2 Å². The SMILES string of the molecule is CC/C=C\C/C=C\C/C=C\CCCCCCCCCCCC(=O)OCC(COC(=O)CCC/C=C\CCCCCC)OC(=O)CCCCCCC/C=C\CCCCCCCCCCC. The third kappa shape index (κ3) is 50.1.